The smallest absolute Gasteiger partial charge is 0.119 e. The van der Waals surface area contributed by atoms with Crippen molar-refractivity contribution < 1.29 is 4.74 Å². The van der Waals surface area contributed by atoms with Crippen LogP contribution in [0.4, 0.5) is 17.1 Å². The zero-order valence-electron chi connectivity index (χ0n) is 19.0. The summed E-state index contributed by atoms with van der Waals surface area (Å²) in [5.41, 5.74) is 3.35. The molecule has 170 valence electrons. The summed E-state index contributed by atoms with van der Waals surface area (Å²) in [4.78, 5) is 2.35. The monoisotopic (exact) mass is 573 g/mol. The van der Waals surface area contributed by atoms with Crippen LogP contribution < -0.4 is 9.64 Å². The first-order chi connectivity index (χ1) is 16.7. The predicted octanol–water partition coefficient (Wildman–Crippen LogP) is 10.2. The van der Waals surface area contributed by atoms with Crippen LogP contribution in [0.3, 0.4) is 0 Å². The Morgan fingerprint density at radius 3 is 1.62 bits per heavy atom. The summed E-state index contributed by atoms with van der Waals surface area (Å²) < 4.78 is 8.11. The number of hydrogen-bond donors (Lipinski definition) is 0. The molecule has 0 unspecified atom stereocenters. The number of halogens is 2. The Bertz CT molecular complexity index is 1360. The van der Waals surface area contributed by atoms with Crippen LogP contribution in [-0.2, 0) is 0 Å². The van der Waals surface area contributed by atoms with E-state index in [2.05, 4.69) is 141 Å². The van der Waals surface area contributed by atoms with Crippen molar-refractivity contribution in [3.63, 3.8) is 0 Å². The molecule has 0 fully saturated rings. The molecular formula is C30H25Br2NO. The standard InChI is InChI=1S/C30H25Br2NO/c1-2-3-20-34-22-14-12-21(13-15-22)33(29-18-16-27(31)23-8-4-6-10-25(23)29)30-19-17-28(32)24-9-5-7-11-26(24)30/h4-19H,2-3,20H2,1H3. The van der Waals surface area contributed by atoms with E-state index in [4.69, 9.17) is 4.74 Å². The molecule has 5 aromatic rings. The molecule has 0 amide bonds. The van der Waals surface area contributed by atoms with E-state index in [1.807, 2.05) is 0 Å². The van der Waals surface area contributed by atoms with Gasteiger partial charge < -0.3 is 9.64 Å². The van der Waals surface area contributed by atoms with Gasteiger partial charge in [0.15, 0.2) is 0 Å². The Labute approximate surface area is 217 Å². The number of rotatable bonds is 7. The Morgan fingerprint density at radius 2 is 1.12 bits per heavy atom. The van der Waals surface area contributed by atoms with Crippen LogP contribution in [0, 0.1) is 0 Å². The Hall–Kier alpha value is -2.82. The summed E-state index contributed by atoms with van der Waals surface area (Å²) in [6, 6.07) is 34.1. The minimum Gasteiger partial charge on any atom is -0.494 e. The third kappa shape index (κ3) is 4.45. The highest BCUT2D eigenvalue weighted by molar-refractivity contribution is 9.11. The fourth-order valence-electron chi connectivity index (χ4n) is 4.32. The van der Waals surface area contributed by atoms with E-state index < -0.39 is 0 Å². The maximum absolute atomic E-state index is 5.93. The molecular weight excluding hydrogens is 550 g/mol. The Morgan fingerprint density at radius 1 is 0.618 bits per heavy atom. The average Bonchev–Trinajstić information content (AvgIpc) is 2.88. The molecule has 0 heterocycles. The molecule has 0 aromatic heterocycles. The molecule has 0 atom stereocenters. The molecule has 0 spiro atoms. The minimum absolute atomic E-state index is 0.744. The van der Waals surface area contributed by atoms with Gasteiger partial charge in [-0.05, 0) is 65.7 Å². The number of anilines is 3. The van der Waals surface area contributed by atoms with Gasteiger partial charge in [0.2, 0.25) is 0 Å². The number of benzene rings is 5. The van der Waals surface area contributed by atoms with Gasteiger partial charge >= 0.3 is 0 Å². The summed E-state index contributed by atoms with van der Waals surface area (Å²) in [5.74, 6) is 0.901. The van der Waals surface area contributed by atoms with Crippen molar-refractivity contribution in [2.75, 3.05) is 11.5 Å². The summed E-state index contributed by atoms with van der Waals surface area (Å²) in [7, 11) is 0. The highest BCUT2D eigenvalue weighted by atomic mass is 79.9. The second-order valence-electron chi connectivity index (χ2n) is 8.26. The van der Waals surface area contributed by atoms with Crippen molar-refractivity contribution in [1.82, 2.24) is 0 Å². The largest absolute Gasteiger partial charge is 0.494 e. The van der Waals surface area contributed by atoms with E-state index in [0.717, 1.165) is 51.2 Å². The molecule has 0 bridgehead atoms. The van der Waals surface area contributed by atoms with Gasteiger partial charge in [0.25, 0.3) is 0 Å². The highest BCUT2D eigenvalue weighted by Crippen LogP contribution is 2.44. The number of nitrogens with zero attached hydrogens (tertiary/aromatic N) is 1. The molecule has 0 saturated heterocycles. The molecule has 0 aliphatic heterocycles. The van der Waals surface area contributed by atoms with Gasteiger partial charge in [0, 0.05) is 25.4 Å². The van der Waals surface area contributed by atoms with E-state index in [1.165, 1.54) is 21.5 Å². The molecule has 5 rings (SSSR count). The van der Waals surface area contributed by atoms with Crippen LogP contribution in [0.15, 0.2) is 106 Å². The first-order valence-corrected chi connectivity index (χ1v) is 13.1. The fraction of sp³-hybridized carbons (Fsp3) is 0.133. The molecule has 34 heavy (non-hydrogen) atoms. The van der Waals surface area contributed by atoms with E-state index in [9.17, 15) is 0 Å². The lowest BCUT2D eigenvalue weighted by Crippen LogP contribution is -2.11. The van der Waals surface area contributed by atoms with Crippen molar-refractivity contribution in [2.45, 2.75) is 19.8 Å². The quantitative estimate of drug-likeness (QED) is 0.179. The van der Waals surface area contributed by atoms with Crippen molar-refractivity contribution in [2.24, 2.45) is 0 Å². The molecule has 0 radical (unpaired) electrons. The second-order valence-corrected chi connectivity index (χ2v) is 9.96. The molecule has 0 aliphatic rings. The lowest BCUT2D eigenvalue weighted by Gasteiger charge is -2.28. The van der Waals surface area contributed by atoms with Crippen LogP contribution in [0.5, 0.6) is 5.75 Å². The topological polar surface area (TPSA) is 12.5 Å². The average molecular weight is 575 g/mol. The Kier molecular flexibility index (Phi) is 6.89. The van der Waals surface area contributed by atoms with Crippen LogP contribution in [0.25, 0.3) is 21.5 Å². The summed E-state index contributed by atoms with van der Waals surface area (Å²) >= 11 is 7.48. The molecule has 2 nitrogen and oxygen atoms in total. The summed E-state index contributed by atoms with van der Waals surface area (Å²) in [5, 5.41) is 4.75. The van der Waals surface area contributed by atoms with Crippen LogP contribution >= 0.6 is 31.9 Å². The van der Waals surface area contributed by atoms with E-state index >= 15 is 0 Å². The number of fused-ring (bicyclic) bond motifs is 2. The first kappa shape index (κ1) is 22.9. The predicted molar refractivity (Wildman–Crippen MR) is 152 cm³/mol. The lowest BCUT2D eigenvalue weighted by atomic mass is 10.0. The SMILES string of the molecule is CCCCOc1ccc(N(c2ccc(Br)c3ccccc23)c2ccc(Br)c3ccccc23)cc1. The molecule has 5 aromatic carbocycles. The normalized spacial score (nSPS) is 11.1. The third-order valence-corrected chi connectivity index (χ3v) is 7.42. The number of hydrogen-bond acceptors (Lipinski definition) is 2. The zero-order valence-corrected chi connectivity index (χ0v) is 22.1. The van der Waals surface area contributed by atoms with Gasteiger partial charge in [0.05, 0.1) is 18.0 Å². The third-order valence-electron chi connectivity index (χ3n) is 6.04. The maximum atomic E-state index is 5.93. The molecule has 0 aliphatic carbocycles. The Balaban J connectivity index is 1.71. The summed E-state index contributed by atoms with van der Waals surface area (Å²) in [6.45, 7) is 2.92. The maximum Gasteiger partial charge on any atom is 0.119 e. The van der Waals surface area contributed by atoms with Crippen molar-refractivity contribution in [1.29, 1.82) is 0 Å². The van der Waals surface area contributed by atoms with Crippen molar-refractivity contribution in [3.05, 3.63) is 106 Å². The van der Waals surface area contributed by atoms with Gasteiger partial charge in [-0.3, -0.25) is 0 Å². The van der Waals surface area contributed by atoms with E-state index in [1.54, 1.807) is 0 Å². The molecule has 0 saturated carbocycles. The highest BCUT2D eigenvalue weighted by Gasteiger charge is 2.19. The second kappa shape index (κ2) is 10.2. The van der Waals surface area contributed by atoms with Gasteiger partial charge in [-0.25, -0.2) is 0 Å². The minimum atomic E-state index is 0.744. The van der Waals surface area contributed by atoms with Gasteiger partial charge in [-0.2, -0.15) is 0 Å². The first-order valence-electron chi connectivity index (χ1n) is 11.5. The zero-order chi connectivity index (χ0) is 23.5. The van der Waals surface area contributed by atoms with E-state index in [0.29, 0.717) is 0 Å². The van der Waals surface area contributed by atoms with Crippen molar-refractivity contribution >= 4 is 70.5 Å². The molecule has 4 heteroatoms. The fourth-order valence-corrected chi connectivity index (χ4v) is 5.27. The number of unbranched alkanes of at least 4 members (excludes halogenated alkanes) is 1. The molecule has 0 N–H and O–H groups in total. The van der Waals surface area contributed by atoms with Gasteiger partial charge in [0.1, 0.15) is 5.75 Å². The van der Waals surface area contributed by atoms with Crippen LogP contribution in [-0.4, -0.2) is 6.61 Å². The van der Waals surface area contributed by atoms with Gasteiger partial charge in [-0.15, -0.1) is 0 Å². The number of ether oxygens (including phenoxy) is 1. The van der Waals surface area contributed by atoms with E-state index in [-0.39, 0.29) is 0 Å². The summed E-state index contributed by atoms with van der Waals surface area (Å²) in [6.07, 6.45) is 2.18. The van der Waals surface area contributed by atoms with Crippen LogP contribution in [0.2, 0.25) is 0 Å². The van der Waals surface area contributed by atoms with Crippen molar-refractivity contribution in [3.8, 4) is 5.75 Å². The lowest BCUT2D eigenvalue weighted by molar-refractivity contribution is 0.309. The van der Waals surface area contributed by atoms with Crippen LogP contribution in [0.1, 0.15) is 19.8 Å². The van der Waals surface area contributed by atoms with Gasteiger partial charge in [-0.1, -0.05) is 93.7 Å².